The van der Waals surface area contributed by atoms with Gasteiger partial charge in [-0.1, -0.05) is 48.5 Å². The predicted molar refractivity (Wildman–Crippen MR) is 109 cm³/mol. The number of carbonyl (C=O) groups excluding carboxylic acids is 2. The maximum atomic E-state index is 12.6. The average molecular weight is 380 g/mol. The smallest absolute Gasteiger partial charge is 0.263 e. The third-order valence-corrected chi connectivity index (χ3v) is 5.06. The fourth-order valence-corrected chi connectivity index (χ4v) is 3.46. The minimum absolute atomic E-state index is 0.00212. The van der Waals surface area contributed by atoms with Gasteiger partial charge in [-0.2, -0.15) is 0 Å². The van der Waals surface area contributed by atoms with Crippen molar-refractivity contribution in [2.45, 2.75) is 44.8 Å². The molecule has 1 fully saturated rings. The summed E-state index contributed by atoms with van der Waals surface area (Å²) in [5, 5.41) is 3.11. The van der Waals surface area contributed by atoms with Gasteiger partial charge in [-0.3, -0.25) is 9.59 Å². The molecule has 1 aliphatic rings. The second-order valence-corrected chi connectivity index (χ2v) is 7.23. The van der Waals surface area contributed by atoms with Crippen LogP contribution in [0.2, 0.25) is 0 Å². The van der Waals surface area contributed by atoms with Crippen LogP contribution in [0.3, 0.4) is 0 Å². The van der Waals surface area contributed by atoms with Crippen LogP contribution >= 0.6 is 0 Å². The molecule has 2 amide bonds. The highest BCUT2D eigenvalue weighted by molar-refractivity contribution is 5.81. The van der Waals surface area contributed by atoms with Crippen LogP contribution < -0.4 is 10.1 Å². The minimum Gasteiger partial charge on any atom is -0.481 e. The summed E-state index contributed by atoms with van der Waals surface area (Å²) in [6.07, 6.45) is 2.28. The van der Waals surface area contributed by atoms with Crippen molar-refractivity contribution in [2.75, 3.05) is 13.1 Å². The van der Waals surface area contributed by atoms with E-state index in [1.165, 1.54) is 5.56 Å². The number of nitrogens with zero attached hydrogens (tertiary/aromatic N) is 1. The molecular formula is C23H28N2O3. The summed E-state index contributed by atoms with van der Waals surface area (Å²) in [4.78, 5) is 26.6. The van der Waals surface area contributed by atoms with Crippen LogP contribution in [0.5, 0.6) is 5.75 Å². The van der Waals surface area contributed by atoms with Gasteiger partial charge in [0.15, 0.2) is 6.10 Å². The monoisotopic (exact) mass is 380 g/mol. The van der Waals surface area contributed by atoms with Crippen molar-refractivity contribution < 1.29 is 14.3 Å². The Morgan fingerprint density at radius 1 is 1.04 bits per heavy atom. The molecule has 0 aromatic heterocycles. The van der Waals surface area contributed by atoms with Crippen molar-refractivity contribution >= 4 is 11.8 Å². The Balaban J connectivity index is 1.38. The molecule has 1 aliphatic heterocycles. The maximum Gasteiger partial charge on any atom is 0.263 e. The first kappa shape index (κ1) is 19.9. The molecule has 0 aliphatic carbocycles. The highest BCUT2D eigenvalue weighted by Crippen LogP contribution is 2.16. The molecule has 0 radical (unpaired) electrons. The number of rotatable bonds is 7. The quantitative estimate of drug-likeness (QED) is 0.803. The molecule has 2 aromatic carbocycles. The van der Waals surface area contributed by atoms with Gasteiger partial charge in [0.25, 0.3) is 5.91 Å². The largest absolute Gasteiger partial charge is 0.481 e. The van der Waals surface area contributed by atoms with Crippen LogP contribution in [-0.4, -0.2) is 41.9 Å². The molecule has 1 N–H and O–H groups in total. The summed E-state index contributed by atoms with van der Waals surface area (Å²) in [7, 11) is 0. The van der Waals surface area contributed by atoms with E-state index in [9.17, 15) is 9.59 Å². The zero-order valence-electron chi connectivity index (χ0n) is 16.3. The Morgan fingerprint density at radius 2 is 1.64 bits per heavy atom. The lowest BCUT2D eigenvalue weighted by Gasteiger charge is -2.33. The average Bonchev–Trinajstić information content (AvgIpc) is 2.74. The van der Waals surface area contributed by atoms with E-state index in [4.69, 9.17) is 4.74 Å². The molecule has 1 heterocycles. The van der Waals surface area contributed by atoms with Gasteiger partial charge < -0.3 is 15.0 Å². The maximum absolute atomic E-state index is 12.6. The SMILES string of the molecule is CC(Oc1ccccc1)C(=O)N1CCC(NC(=O)CCc2ccccc2)CC1. The number of amides is 2. The molecule has 0 spiro atoms. The molecule has 1 saturated heterocycles. The van der Waals surface area contributed by atoms with E-state index in [0.29, 0.717) is 25.3 Å². The van der Waals surface area contributed by atoms with Crippen LogP contribution in [0.15, 0.2) is 60.7 Å². The summed E-state index contributed by atoms with van der Waals surface area (Å²) in [5.74, 6) is 0.774. The van der Waals surface area contributed by atoms with Crippen LogP contribution in [0.4, 0.5) is 0 Å². The van der Waals surface area contributed by atoms with Gasteiger partial charge in [0.2, 0.25) is 5.91 Å². The fourth-order valence-electron chi connectivity index (χ4n) is 3.46. The van der Waals surface area contributed by atoms with E-state index in [2.05, 4.69) is 5.32 Å². The first-order valence-corrected chi connectivity index (χ1v) is 9.95. The molecule has 1 atom stereocenters. The summed E-state index contributed by atoms with van der Waals surface area (Å²) in [6, 6.07) is 19.6. The summed E-state index contributed by atoms with van der Waals surface area (Å²) in [6.45, 7) is 3.07. The highest BCUT2D eigenvalue weighted by Gasteiger charge is 2.27. The Labute approximate surface area is 166 Å². The van der Waals surface area contributed by atoms with E-state index in [1.807, 2.05) is 65.6 Å². The number of hydrogen-bond donors (Lipinski definition) is 1. The van der Waals surface area contributed by atoms with Gasteiger partial charge in [0, 0.05) is 25.6 Å². The third-order valence-electron chi connectivity index (χ3n) is 5.06. The topological polar surface area (TPSA) is 58.6 Å². The predicted octanol–water partition coefficient (Wildman–Crippen LogP) is 3.19. The van der Waals surface area contributed by atoms with Gasteiger partial charge in [-0.15, -0.1) is 0 Å². The molecule has 5 nitrogen and oxygen atoms in total. The molecule has 1 unspecified atom stereocenters. The van der Waals surface area contributed by atoms with Crippen LogP contribution in [0, 0.1) is 0 Å². The molecule has 5 heteroatoms. The molecule has 148 valence electrons. The van der Waals surface area contributed by atoms with Crippen LogP contribution in [0.25, 0.3) is 0 Å². The number of para-hydroxylation sites is 1. The van der Waals surface area contributed by atoms with Crippen molar-refractivity contribution in [1.29, 1.82) is 0 Å². The Hall–Kier alpha value is -2.82. The Kier molecular flexibility index (Phi) is 7.06. The lowest BCUT2D eigenvalue weighted by molar-refractivity contribution is -0.139. The molecule has 0 bridgehead atoms. The van der Waals surface area contributed by atoms with Gasteiger partial charge in [0.05, 0.1) is 0 Å². The zero-order chi connectivity index (χ0) is 19.8. The molecule has 3 rings (SSSR count). The molecule has 0 saturated carbocycles. The third kappa shape index (κ3) is 5.84. The number of aryl methyl sites for hydroxylation is 1. The minimum atomic E-state index is -0.514. The Morgan fingerprint density at radius 3 is 2.29 bits per heavy atom. The van der Waals surface area contributed by atoms with Crippen LogP contribution in [-0.2, 0) is 16.0 Å². The van der Waals surface area contributed by atoms with Gasteiger partial charge in [-0.05, 0) is 43.9 Å². The van der Waals surface area contributed by atoms with Gasteiger partial charge in [0.1, 0.15) is 5.75 Å². The van der Waals surface area contributed by atoms with Crippen molar-refractivity contribution in [3.8, 4) is 5.75 Å². The number of carbonyl (C=O) groups is 2. The molecule has 2 aromatic rings. The second-order valence-electron chi connectivity index (χ2n) is 7.23. The van der Waals surface area contributed by atoms with E-state index in [1.54, 1.807) is 6.92 Å². The lowest BCUT2D eigenvalue weighted by Crippen LogP contribution is -2.49. The fraction of sp³-hybridized carbons (Fsp3) is 0.391. The normalized spacial score (nSPS) is 15.7. The lowest BCUT2D eigenvalue weighted by atomic mass is 10.0. The number of benzene rings is 2. The first-order chi connectivity index (χ1) is 13.6. The van der Waals surface area contributed by atoms with Crippen molar-refractivity contribution in [1.82, 2.24) is 10.2 Å². The van der Waals surface area contributed by atoms with E-state index < -0.39 is 6.10 Å². The van der Waals surface area contributed by atoms with Gasteiger partial charge >= 0.3 is 0 Å². The van der Waals surface area contributed by atoms with Gasteiger partial charge in [-0.25, -0.2) is 0 Å². The van der Waals surface area contributed by atoms with Crippen molar-refractivity contribution in [3.05, 3.63) is 66.2 Å². The Bertz CT molecular complexity index is 756. The van der Waals surface area contributed by atoms with E-state index >= 15 is 0 Å². The highest BCUT2D eigenvalue weighted by atomic mass is 16.5. The van der Waals surface area contributed by atoms with Crippen LogP contribution in [0.1, 0.15) is 31.7 Å². The standard InChI is InChI=1S/C23H28N2O3/c1-18(28-21-10-6-3-7-11-21)23(27)25-16-14-20(15-17-25)24-22(26)13-12-19-8-4-2-5-9-19/h2-11,18,20H,12-17H2,1H3,(H,24,26). The number of hydrogen-bond acceptors (Lipinski definition) is 3. The molecule has 28 heavy (non-hydrogen) atoms. The van der Waals surface area contributed by atoms with Crippen molar-refractivity contribution in [2.24, 2.45) is 0 Å². The number of ether oxygens (including phenoxy) is 1. The number of nitrogens with one attached hydrogen (secondary N) is 1. The molecular weight excluding hydrogens is 352 g/mol. The number of piperidine rings is 1. The summed E-state index contributed by atoms with van der Waals surface area (Å²) < 4.78 is 5.73. The second kappa shape index (κ2) is 9.93. The van der Waals surface area contributed by atoms with E-state index in [-0.39, 0.29) is 17.9 Å². The summed E-state index contributed by atoms with van der Waals surface area (Å²) in [5.41, 5.74) is 1.17. The van der Waals surface area contributed by atoms with E-state index in [0.717, 1.165) is 19.3 Å². The first-order valence-electron chi connectivity index (χ1n) is 9.95. The summed E-state index contributed by atoms with van der Waals surface area (Å²) >= 11 is 0. The zero-order valence-corrected chi connectivity index (χ0v) is 16.3. The van der Waals surface area contributed by atoms with Crippen molar-refractivity contribution in [3.63, 3.8) is 0 Å². The number of likely N-dealkylation sites (tertiary alicyclic amines) is 1.